The molecule has 0 aliphatic rings. The van der Waals surface area contributed by atoms with Crippen LogP contribution < -0.4 is 11.1 Å². The van der Waals surface area contributed by atoms with Gasteiger partial charge in [0, 0.05) is 21.4 Å². The number of carbonyl (C=O) groups excluding carboxylic acids is 2. The zero-order valence-electron chi connectivity index (χ0n) is 11.5. The molecule has 0 radical (unpaired) electrons. The highest BCUT2D eigenvalue weighted by molar-refractivity contribution is 9.10. The molecule has 3 heterocycles. The van der Waals surface area contributed by atoms with Gasteiger partial charge in [-0.15, -0.1) is 22.7 Å². The summed E-state index contributed by atoms with van der Waals surface area (Å²) >= 11 is 6.35. The average Bonchev–Trinajstić information content (AvgIpc) is 3.18. The van der Waals surface area contributed by atoms with Gasteiger partial charge in [-0.1, -0.05) is 0 Å². The molecule has 2 amide bonds. The molecule has 0 bridgehead atoms. The summed E-state index contributed by atoms with van der Waals surface area (Å²) < 4.78 is 2.34. The molecule has 23 heavy (non-hydrogen) atoms. The van der Waals surface area contributed by atoms with Crippen LogP contribution in [0.25, 0.3) is 9.88 Å². The van der Waals surface area contributed by atoms with Crippen molar-refractivity contribution >= 4 is 56.1 Å². The summed E-state index contributed by atoms with van der Waals surface area (Å²) in [4.78, 5) is 28.4. The minimum atomic E-state index is -0.503. The first-order valence-electron chi connectivity index (χ1n) is 6.33. The topological polar surface area (TPSA) is 103 Å². The third-order valence-corrected chi connectivity index (χ3v) is 5.43. The molecule has 0 spiro atoms. The molecule has 7 nitrogen and oxygen atoms in total. The van der Waals surface area contributed by atoms with E-state index >= 15 is 0 Å². The van der Waals surface area contributed by atoms with Gasteiger partial charge < -0.3 is 11.1 Å². The van der Waals surface area contributed by atoms with E-state index in [-0.39, 0.29) is 12.5 Å². The van der Waals surface area contributed by atoms with Crippen molar-refractivity contribution in [1.82, 2.24) is 14.8 Å². The number of nitrogens with zero attached hydrogens (tertiary/aromatic N) is 3. The van der Waals surface area contributed by atoms with Crippen molar-refractivity contribution in [3.63, 3.8) is 0 Å². The molecule has 0 atom stereocenters. The van der Waals surface area contributed by atoms with Crippen LogP contribution in [0.2, 0.25) is 0 Å². The number of thiazole rings is 1. The van der Waals surface area contributed by atoms with E-state index in [1.54, 1.807) is 16.7 Å². The van der Waals surface area contributed by atoms with Gasteiger partial charge in [-0.25, -0.2) is 4.98 Å². The molecule has 3 N–H and O–H groups in total. The Balaban J connectivity index is 1.70. The number of hydrogen-bond donors (Lipinski definition) is 2. The molecular formula is C13H10BrN5O2S2. The van der Waals surface area contributed by atoms with Crippen molar-refractivity contribution in [1.29, 1.82) is 0 Å². The third kappa shape index (κ3) is 3.84. The normalized spacial score (nSPS) is 10.7. The van der Waals surface area contributed by atoms with Gasteiger partial charge in [0.05, 0.1) is 16.8 Å². The van der Waals surface area contributed by atoms with E-state index in [2.05, 4.69) is 31.3 Å². The quantitative estimate of drug-likeness (QED) is 0.672. The van der Waals surface area contributed by atoms with Crippen molar-refractivity contribution in [2.45, 2.75) is 6.54 Å². The summed E-state index contributed by atoms with van der Waals surface area (Å²) in [7, 11) is 0. The lowest BCUT2D eigenvalue weighted by atomic mass is 10.4. The van der Waals surface area contributed by atoms with E-state index in [1.807, 2.05) is 11.4 Å². The average molecular weight is 412 g/mol. The molecule has 118 valence electrons. The first-order chi connectivity index (χ1) is 11.0. The number of halogens is 1. The number of anilines is 1. The van der Waals surface area contributed by atoms with Gasteiger partial charge in [-0.3, -0.25) is 14.3 Å². The van der Waals surface area contributed by atoms with Crippen molar-refractivity contribution < 1.29 is 9.59 Å². The molecule has 0 saturated carbocycles. The maximum absolute atomic E-state index is 12.2. The summed E-state index contributed by atoms with van der Waals surface area (Å²) in [5.74, 6) is -0.834. The fourth-order valence-corrected chi connectivity index (χ4v) is 4.09. The standard InChI is InChI=1S/C13H10BrN5O2S2/c14-7-1-10(22-5-7)13-18-9(6-23-13)12(21)17-8-2-16-19(3-8)4-11(15)20/h1-3,5-6H,4H2,(H2,15,20)(H,17,21). The Labute approximate surface area is 147 Å². The molecule has 0 aliphatic carbocycles. The fourth-order valence-electron chi connectivity index (χ4n) is 1.79. The fraction of sp³-hybridized carbons (Fsp3) is 0.0769. The Hall–Kier alpha value is -2.04. The van der Waals surface area contributed by atoms with Crippen LogP contribution in [0.15, 0.2) is 33.7 Å². The highest BCUT2D eigenvalue weighted by Gasteiger charge is 2.14. The summed E-state index contributed by atoms with van der Waals surface area (Å²) in [5, 5.41) is 11.1. The molecule has 0 aromatic carbocycles. The second-order valence-electron chi connectivity index (χ2n) is 4.51. The van der Waals surface area contributed by atoms with Gasteiger partial charge in [0.25, 0.3) is 5.91 Å². The first-order valence-corrected chi connectivity index (χ1v) is 8.88. The monoisotopic (exact) mass is 411 g/mol. The zero-order chi connectivity index (χ0) is 16.4. The number of rotatable bonds is 5. The molecule has 0 aliphatic heterocycles. The highest BCUT2D eigenvalue weighted by atomic mass is 79.9. The number of aromatic nitrogens is 3. The molecule has 3 aromatic heterocycles. The van der Waals surface area contributed by atoms with E-state index in [4.69, 9.17) is 5.73 Å². The Morgan fingerprint density at radius 3 is 2.87 bits per heavy atom. The van der Waals surface area contributed by atoms with E-state index in [9.17, 15) is 9.59 Å². The molecule has 10 heteroatoms. The van der Waals surface area contributed by atoms with Gasteiger partial charge in [0.15, 0.2) is 0 Å². The van der Waals surface area contributed by atoms with Gasteiger partial charge in [-0.2, -0.15) is 5.10 Å². The van der Waals surface area contributed by atoms with Crippen LogP contribution in [0, 0.1) is 0 Å². The minimum Gasteiger partial charge on any atom is -0.368 e. The van der Waals surface area contributed by atoms with Crippen molar-refractivity contribution in [2.75, 3.05) is 5.32 Å². The van der Waals surface area contributed by atoms with Gasteiger partial charge in [0.1, 0.15) is 17.2 Å². The maximum Gasteiger partial charge on any atom is 0.275 e. The van der Waals surface area contributed by atoms with Gasteiger partial charge >= 0.3 is 0 Å². The van der Waals surface area contributed by atoms with E-state index in [0.717, 1.165) is 14.4 Å². The minimum absolute atomic E-state index is 0.0377. The predicted octanol–water partition coefficient (Wildman–Crippen LogP) is 2.57. The molecule has 3 rings (SSSR count). The number of primary amides is 1. The Kier molecular flexibility index (Phi) is 4.55. The van der Waals surface area contributed by atoms with Crippen LogP contribution >= 0.6 is 38.6 Å². The Morgan fingerprint density at radius 1 is 1.35 bits per heavy atom. The third-order valence-electron chi connectivity index (χ3n) is 2.72. The summed E-state index contributed by atoms with van der Waals surface area (Å²) in [5.41, 5.74) is 5.89. The van der Waals surface area contributed by atoms with E-state index in [0.29, 0.717) is 11.4 Å². The molecule has 0 fully saturated rings. The lowest BCUT2D eigenvalue weighted by Crippen LogP contribution is -2.18. The van der Waals surface area contributed by atoms with Crippen molar-refractivity contribution in [2.24, 2.45) is 5.73 Å². The van der Waals surface area contributed by atoms with Crippen molar-refractivity contribution in [3.05, 3.63) is 39.4 Å². The number of hydrogen-bond acceptors (Lipinski definition) is 6. The molecular weight excluding hydrogens is 402 g/mol. The lowest BCUT2D eigenvalue weighted by molar-refractivity contribution is -0.118. The molecule has 0 saturated heterocycles. The first kappa shape index (κ1) is 15.8. The zero-order valence-corrected chi connectivity index (χ0v) is 14.7. The second kappa shape index (κ2) is 6.60. The van der Waals surface area contributed by atoms with E-state index in [1.165, 1.54) is 28.4 Å². The number of thiophene rings is 1. The number of nitrogens with two attached hydrogens (primary N) is 1. The Morgan fingerprint density at radius 2 is 2.17 bits per heavy atom. The largest absolute Gasteiger partial charge is 0.368 e. The summed E-state index contributed by atoms with van der Waals surface area (Å²) in [6.45, 7) is -0.0377. The molecule has 0 unspecified atom stereocenters. The predicted molar refractivity (Wildman–Crippen MR) is 92.5 cm³/mol. The number of amides is 2. The van der Waals surface area contributed by atoms with Crippen molar-refractivity contribution in [3.8, 4) is 9.88 Å². The summed E-state index contributed by atoms with van der Waals surface area (Å²) in [6.07, 6.45) is 2.98. The van der Waals surface area contributed by atoms with Crippen LogP contribution in [-0.4, -0.2) is 26.6 Å². The van der Waals surface area contributed by atoms with Crippen LogP contribution in [0.4, 0.5) is 5.69 Å². The van der Waals surface area contributed by atoms with E-state index < -0.39 is 5.91 Å². The summed E-state index contributed by atoms with van der Waals surface area (Å²) in [6, 6.07) is 1.96. The van der Waals surface area contributed by atoms with Crippen LogP contribution in [0.5, 0.6) is 0 Å². The molecule has 3 aromatic rings. The van der Waals surface area contributed by atoms with Crippen LogP contribution in [0.1, 0.15) is 10.5 Å². The number of carbonyl (C=O) groups is 2. The SMILES string of the molecule is NC(=O)Cn1cc(NC(=O)c2csc(-c3cc(Br)cs3)n2)cn1. The van der Waals surface area contributed by atoms with Crippen LogP contribution in [-0.2, 0) is 11.3 Å². The van der Waals surface area contributed by atoms with Gasteiger partial charge in [0.2, 0.25) is 5.91 Å². The highest BCUT2D eigenvalue weighted by Crippen LogP contribution is 2.32. The smallest absolute Gasteiger partial charge is 0.275 e. The Bertz CT molecular complexity index is 869. The second-order valence-corrected chi connectivity index (χ2v) is 7.20. The van der Waals surface area contributed by atoms with Crippen LogP contribution in [0.3, 0.4) is 0 Å². The lowest BCUT2D eigenvalue weighted by Gasteiger charge is -1.98. The number of nitrogens with one attached hydrogen (secondary N) is 1. The van der Waals surface area contributed by atoms with Gasteiger partial charge in [-0.05, 0) is 22.0 Å². The maximum atomic E-state index is 12.2.